The van der Waals surface area contributed by atoms with Crippen LogP contribution in [0.2, 0.25) is 0 Å². The smallest absolute Gasteiger partial charge is 0.0714 e. The molecule has 10 aromatic carbocycles. The molecule has 12 rings (SSSR count). The molecule has 1 atom stereocenters. The van der Waals surface area contributed by atoms with Crippen molar-refractivity contribution in [2.75, 3.05) is 4.90 Å². The van der Waals surface area contributed by atoms with E-state index in [1.165, 1.54) is 94.0 Å². The number of hydrogen-bond donors (Lipinski definition) is 0. The summed E-state index contributed by atoms with van der Waals surface area (Å²) in [7, 11) is 0. The molecule has 0 aliphatic heterocycles. The molecular formula is C60H43N. The Balaban J connectivity index is 1.18. The van der Waals surface area contributed by atoms with Crippen LogP contribution < -0.4 is 4.90 Å². The van der Waals surface area contributed by atoms with E-state index in [-0.39, 0.29) is 5.41 Å². The Bertz CT molecular complexity index is 3340. The van der Waals surface area contributed by atoms with E-state index in [1.54, 1.807) is 0 Å². The lowest BCUT2D eigenvalue weighted by Crippen LogP contribution is -2.28. The molecule has 288 valence electrons. The summed E-state index contributed by atoms with van der Waals surface area (Å²) in [6.07, 6.45) is 0. The third-order valence-corrected chi connectivity index (χ3v) is 13.7. The van der Waals surface area contributed by atoms with Crippen LogP contribution in [0, 0.1) is 0 Å². The van der Waals surface area contributed by atoms with E-state index < -0.39 is 5.41 Å². The van der Waals surface area contributed by atoms with Crippen LogP contribution in [0.15, 0.2) is 224 Å². The zero-order chi connectivity index (χ0) is 40.7. The summed E-state index contributed by atoms with van der Waals surface area (Å²) in [5.74, 6) is 0. The second kappa shape index (κ2) is 13.5. The van der Waals surface area contributed by atoms with E-state index in [9.17, 15) is 0 Å². The van der Waals surface area contributed by atoms with Gasteiger partial charge in [0, 0.05) is 22.2 Å². The fourth-order valence-electron chi connectivity index (χ4n) is 10.9. The maximum Gasteiger partial charge on any atom is 0.0714 e. The van der Waals surface area contributed by atoms with Crippen molar-refractivity contribution >= 4 is 38.6 Å². The van der Waals surface area contributed by atoms with Crippen molar-refractivity contribution in [3.63, 3.8) is 0 Å². The highest BCUT2D eigenvalue weighted by molar-refractivity contribution is 6.02. The minimum Gasteiger partial charge on any atom is -0.309 e. The number of hydrogen-bond acceptors (Lipinski definition) is 1. The lowest BCUT2D eigenvalue weighted by atomic mass is 9.67. The Morgan fingerprint density at radius 3 is 1.70 bits per heavy atom. The number of nitrogens with zero attached hydrogens (tertiary/aromatic N) is 1. The van der Waals surface area contributed by atoms with Crippen molar-refractivity contribution in [3.8, 4) is 33.4 Å². The number of benzene rings is 10. The van der Waals surface area contributed by atoms with E-state index in [4.69, 9.17) is 0 Å². The van der Waals surface area contributed by atoms with E-state index >= 15 is 0 Å². The summed E-state index contributed by atoms with van der Waals surface area (Å²) < 4.78 is 0. The first kappa shape index (κ1) is 35.5. The zero-order valence-corrected chi connectivity index (χ0v) is 34.3. The second-order valence-corrected chi connectivity index (χ2v) is 17.2. The minimum absolute atomic E-state index is 0.187. The molecule has 2 aliphatic carbocycles. The largest absolute Gasteiger partial charge is 0.309 e. The van der Waals surface area contributed by atoms with E-state index in [0.29, 0.717) is 0 Å². The predicted molar refractivity (Wildman–Crippen MR) is 256 cm³/mol. The minimum atomic E-state index is -0.565. The van der Waals surface area contributed by atoms with Gasteiger partial charge in [-0.2, -0.15) is 0 Å². The van der Waals surface area contributed by atoms with Crippen LogP contribution in [-0.2, 0) is 10.8 Å². The van der Waals surface area contributed by atoms with Crippen molar-refractivity contribution in [2.45, 2.75) is 24.7 Å². The summed E-state index contributed by atoms with van der Waals surface area (Å²) in [5.41, 5.74) is 18.0. The van der Waals surface area contributed by atoms with Gasteiger partial charge in [-0.25, -0.2) is 0 Å². The molecule has 0 radical (unpaired) electrons. The molecule has 1 nitrogen and oxygen atoms in total. The average Bonchev–Trinajstić information content (AvgIpc) is 3.74. The van der Waals surface area contributed by atoms with Gasteiger partial charge in [0.1, 0.15) is 0 Å². The summed E-state index contributed by atoms with van der Waals surface area (Å²) in [4.78, 5) is 2.56. The molecule has 0 aromatic heterocycles. The molecule has 1 heteroatoms. The molecule has 1 unspecified atom stereocenters. The molecule has 0 spiro atoms. The number of anilines is 3. The van der Waals surface area contributed by atoms with Gasteiger partial charge in [0.05, 0.1) is 16.8 Å². The van der Waals surface area contributed by atoms with Gasteiger partial charge in [0.2, 0.25) is 0 Å². The Kier molecular flexibility index (Phi) is 7.86. The van der Waals surface area contributed by atoms with E-state index in [1.807, 2.05) is 0 Å². The fourth-order valence-corrected chi connectivity index (χ4v) is 10.9. The van der Waals surface area contributed by atoms with Crippen LogP contribution in [0.1, 0.15) is 47.2 Å². The van der Waals surface area contributed by atoms with Crippen molar-refractivity contribution in [3.05, 3.63) is 258 Å². The normalized spacial score (nSPS) is 15.6. The summed E-state index contributed by atoms with van der Waals surface area (Å²) in [6.45, 7) is 4.78. The molecule has 0 saturated carbocycles. The van der Waals surface area contributed by atoms with Gasteiger partial charge in [0.15, 0.2) is 0 Å². The molecule has 0 amide bonds. The summed E-state index contributed by atoms with van der Waals surface area (Å²) in [5, 5.41) is 5.02. The third kappa shape index (κ3) is 5.20. The first-order valence-corrected chi connectivity index (χ1v) is 21.4. The molecule has 2 aliphatic rings. The quantitative estimate of drug-likeness (QED) is 0.163. The molecular weight excluding hydrogens is 735 g/mol. The van der Waals surface area contributed by atoms with Crippen LogP contribution in [0.4, 0.5) is 17.1 Å². The first-order chi connectivity index (χ1) is 30.0. The van der Waals surface area contributed by atoms with Crippen molar-refractivity contribution in [1.29, 1.82) is 0 Å². The standard InChI is InChI=1S/C60H43N/c1-59(2)53-29-17-31-57(58(53)51-37-43-22-11-12-23-44(43)38-54(51)59)61(56-30-16-14-26-48(56)41-19-5-3-6-20-41)47-34-35-50-49-27-13-15-28-52(49)60(55(50)39-47,45-24-7-4-8-25-45)46-33-32-40-18-9-10-21-42(40)36-46/h3-39H,1-2H3. The lowest BCUT2D eigenvalue weighted by molar-refractivity contribution is 0.661. The van der Waals surface area contributed by atoms with E-state index in [0.717, 1.165) is 11.4 Å². The molecule has 0 bridgehead atoms. The second-order valence-electron chi connectivity index (χ2n) is 17.2. The highest BCUT2D eigenvalue weighted by Gasteiger charge is 2.47. The van der Waals surface area contributed by atoms with Gasteiger partial charge in [0.25, 0.3) is 0 Å². The highest BCUT2D eigenvalue weighted by Crippen LogP contribution is 2.59. The summed E-state index contributed by atoms with van der Waals surface area (Å²) in [6, 6.07) is 83.8. The van der Waals surface area contributed by atoms with Gasteiger partial charge < -0.3 is 4.90 Å². The van der Waals surface area contributed by atoms with Gasteiger partial charge in [-0.15, -0.1) is 0 Å². The maximum absolute atomic E-state index is 2.56. The van der Waals surface area contributed by atoms with Gasteiger partial charge >= 0.3 is 0 Å². The SMILES string of the molecule is CC1(C)c2cc3ccccc3cc2-c2c(N(c3ccc4c(c3)C(c3ccccc3)(c3ccc5ccccc5c3)c3ccccc3-4)c3ccccc3-c3ccccc3)cccc21. The van der Waals surface area contributed by atoms with Crippen LogP contribution in [-0.4, -0.2) is 0 Å². The highest BCUT2D eigenvalue weighted by atomic mass is 15.1. The number of para-hydroxylation sites is 1. The molecule has 0 fully saturated rings. The van der Waals surface area contributed by atoms with Crippen LogP contribution in [0.25, 0.3) is 54.9 Å². The Morgan fingerprint density at radius 2 is 0.918 bits per heavy atom. The first-order valence-electron chi connectivity index (χ1n) is 21.4. The van der Waals surface area contributed by atoms with E-state index in [2.05, 4.69) is 243 Å². The van der Waals surface area contributed by atoms with Gasteiger partial charge in [-0.3, -0.25) is 0 Å². The Labute approximate surface area is 357 Å². The lowest BCUT2D eigenvalue weighted by Gasteiger charge is -2.35. The molecule has 61 heavy (non-hydrogen) atoms. The monoisotopic (exact) mass is 777 g/mol. The van der Waals surface area contributed by atoms with Crippen LogP contribution in [0.3, 0.4) is 0 Å². The number of rotatable bonds is 6. The Hall–Kier alpha value is -7.48. The third-order valence-electron chi connectivity index (χ3n) is 13.7. The van der Waals surface area contributed by atoms with Gasteiger partial charge in [-0.05, 0) is 120 Å². The van der Waals surface area contributed by atoms with Crippen LogP contribution >= 0.6 is 0 Å². The average molecular weight is 778 g/mol. The topological polar surface area (TPSA) is 3.24 Å². The maximum atomic E-state index is 2.56. The molecule has 0 saturated heterocycles. The van der Waals surface area contributed by atoms with Crippen LogP contribution in [0.5, 0.6) is 0 Å². The summed E-state index contributed by atoms with van der Waals surface area (Å²) >= 11 is 0. The van der Waals surface area contributed by atoms with Crippen molar-refractivity contribution < 1.29 is 0 Å². The predicted octanol–water partition coefficient (Wildman–Crippen LogP) is 15.8. The van der Waals surface area contributed by atoms with Crippen molar-refractivity contribution in [2.24, 2.45) is 0 Å². The molecule has 0 N–H and O–H groups in total. The number of fused-ring (bicyclic) bond motifs is 8. The van der Waals surface area contributed by atoms with Gasteiger partial charge in [-0.1, -0.05) is 196 Å². The van der Waals surface area contributed by atoms with Crippen molar-refractivity contribution in [1.82, 2.24) is 0 Å². The Morgan fingerprint density at radius 1 is 0.328 bits per heavy atom. The molecule has 10 aromatic rings. The fraction of sp³-hybridized carbons (Fsp3) is 0.0667. The zero-order valence-electron chi connectivity index (χ0n) is 34.3. The molecule has 0 heterocycles.